The zero-order valence-electron chi connectivity index (χ0n) is 15.2. The Morgan fingerprint density at radius 2 is 2.00 bits per heavy atom. The monoisotopic (exact) mass is 458 g/mol. The van der Waals surface area contributed by atoms with Gasteiger partial charge in [-0.2, -0.15) is 0 Å². The van der Waals surface area contributed by atoms with E-state index in [1.807, 2.05) is 23.7 Å². The maximum Gasteiger partial charge on any atom is 0.191 e. The van der Waals surface area contributed by atoms with E-state index < -0.39 is 0 Å². The van der Waals surface area contributed by atoms with Gasteiger partial charge in [-0.25, -0.2) is 0 Å². The molecule has 0 fully saturated rings. The van der Waals surface area contributed by atoms with Crippen molar-refractivity contribution in [3.8, 4) is 5.75 Å². The van der Waals surface area contributed by atoms with E-state index in [2.05, 4.69) is 44.9 Å². The van der Waals surface area contributed by atoms with Gasteiger partial charge in [0.1, 0.15) is 12.1 Å². The molecule has 1 atom stereocenters. The number of ether oxygens (including phenoxy) is 1. The summed E-state index contributed by atoms with van der Waals surface area (Å²) in [6.45, 7) is 3.65. The second-order valence-corrected chi connectivity index (χ2v) is 5.67. The third-order valence-corrected chi connectivity index (χ3v) is 4.00. The van der Waals surface area contributed by atoms with Crippen molar-refractivity contribution in [2.75, 3.05) is 20.7 Å². The number of benzene rings is 1. The summed E-state index contributed by atoms with van der Waals surface area (Å²) in [4.78, 5) is 4.23. The van der Waals surface area contributed by atoms with Crippen molar-refractivity contribution < 1.29 is 4.74 Å². The second-order valence-electron chi connectivity index (χ2n) is 5.67. The Balaban J connectivity index is 0.00000312. The first-order valence-electron chi connectivity index (χ1n) is 8.05. The molecule has 0 bridgehead atoms. The Hall–Kier alpha value is -1.84. The van der Waals surface area contributed by atoms with E-state index >= 15 is 0 Å². The highest BCUT2D eigenvalue weighted by molar-refractivity contribution is 14.0. The van der Waals surface area contributed by atoms with Gasteiger partial charge in [0.15, 0.2) is 11.8 Å². The van der Waals surface area contributed by atoms with Gasteiger partial charge in [0.2, 0.25) is 0 Å². The molecular weight excluding hydrogens is 431 g/mol. The number of hydrogen-bond acceptors (Lipinski definition) is 4. The molecule has 1 aromatic heterocycles. The van der Waals surface area contributed by atoms with Crippen LogP contribution in [0, 0.1) is 0 Å². The molecule has 0 aliphatic rings. The number of aliphatic imine (C=N–C) groups is 1. The van der Waals surface area contributed by atoms with Crippen LogP contribution in [-0.2, 0) is 13.6 Å². The minimum Gasteiger partial charge on any atom is -0.497 e. The van der Waals surface area contributed by atoms with Crippen molar-refractivity contribution in [1.82, 2.24) is 25.4 Å². The van der Waals surface area contributed by atoms with Crippen LogP contribution in [-0.4, -0.2) is 41.4 Å². The molecule has 8 heteroatoms. The Labute approximate surface area is 166 Å². The number of methoxy groups -OCH3 is 1. The van der Waals surface area contributed by atoms with E-state index in [-0.39, 0.29) is 24.0 Å². The van der Waals surface area contributed by atoms with Crippen molar-refractivity contribution in [3.05, 3.63) is 42.0 Å². The maximum atomic E-state index is 5.19. The van der Waals surface area contributed by atoms with E-state index in [0.29, 0.717) is 12.5 Å². The van der Waals surface area contributed by atoms with Crippen LogP contribution in [0.3, 0.4) is 0 Å². The van der Waals surface area contributed by atoms with Gasteiger partial charge >= 0.3 is 0 Å². The zero-order chi connectivity index (χ0) is 17.4. The summed E-state index contributed by atoms with van der Waals surface area (Å²) in [7, 11) is 5.37. The molecule has 0 saturated heterocycles. The molecule has 25 heavy (non-hydrogen) atoms. The molecule has 1 heterocycles. The van der Waals surface area contributed by atoms with E-state index in [0.717, 1.165) is 30.5 Å². The molecule has 0 saturated carbocycles. The van der Waals surface area contributed by atoms with Crippen LogP contribution < -0.4 is 15.4 Å². The predicted molar refractivity (Wildman–Crippen MR) is 111 cm³/mol. The second kappa shape index (κ2) is 10.9. The fourth-order valence-electron chi connectivity index (χ4n) is 2.36. The molecule has 0 radical (unpaired) electrons. The van der Waals surface area contributed by atoms with E-state index in [1.165, 1.54) is 5.56 Å². The summed E-state index contributed by atoms with van der Waals surface area (Å²) >= 11 is 0. The van der Waals surface area contributed by atoms with Gasteiger partial charge in [0.25, 0.3) is 0 Å². The van der Waals surface area contributed by atoms with Crippen LogP contribution >= 0.6 is 24.0 Å². The van der Waals surface area contributed by atoms with Gasteiger partial charge < -0.3 is 19.9 Å². The molecule has 7 nitrogen and oxygen atoms in total. The van der Waals surface area contributed by atoms with Crippen molar-refractivity contribution >= 4 is 29.9 Å². The van der Waals surface area contributed by atoms with Crippen LogP contribution in [0.2, 0.25) is 0 Å². The SMILES string of the molecule is CN=C(NCCC(C)c1ccc(OC)cc1)NCc1nncn1C.I. The van der Waals surface area contributed by atoms with E-state index in [9.17, 15) is 0 Å². The van der Waals surface area contributed by atoms with Gasteiger partial charge in [0.05, 0.1) is 13.7 Å². The topological polar surface area (TPSA) is 76.4 Å². The molecule has 0 amide bonds. The number of halogens is 1. The summed E-state index contributed by atoms with van der Waals surface area (Å²) in [6, 6.07) is 8.23. The van der Waals surface area contributed by atoms with Crippen molar-refractivity contribution in [1.29, 1.82) is 0 Å². The van der Waals surface area contributed by atoms with Crippen molar-refractivity contribution in [3.63, 3.8) is 0 Å². The number of nitrogens with zero attached hydrogens (tertiary/aromatic N) is 4. The predicted octanol–water partition coefficient (Wildman–Crippen LogP) is 2.30. The van der Waals surface area contributed by atoms with Gasteiger partial charge in [0, 0.05) is 20.6 Å². The van der Waals surface area contributed by atoms with Gasteiger partial charge in [-0.15, -0.1) is 34.2 Å². The van der Waals surface area contributed by atoms with Gasteiger partial charge in [-0.05, 0) is 30.0 Å². The number of aromatic nitrogens is 3. The van der Waals surface area contributed by atoms with Gasteiger partial charge in [-0.1, -0.05) is 19.1 Å². The molecule has 0 aliphatic carbocycles. The highest BCUT2D eigenvalue weighted by Crippen LogP contribution is 2.21. The smallest absolute Gasteiger partial charge is 0.191 e. The highest BCUT2D eigenvalue weighted by atomic mass is 127. The summed E-state index contributed by atoms with van der Waals surface area (Å²) in [5.41, 5.74) is 1.31. The normalized spacial score (nSPS) is 12.2. The van der Waals surface area contributed by atoms with E-state index in [1.54, 1.807) is 20.5 Å². The van der Waals surface area contributed by atoms with Crippen molar-refractivity contribution in [2.45, 2.75) is 25.8 Å². The lowest BCUT2D eigenvalue weighted by Crippen LogP contribution is -2.38. The summed E-state index contributed by atoms with van der Waals surface area (Å²) in [5.74, 6) is 2.97. The van der Waals surface area contributed by atoms with Crippen molar-refractivity contribution in [2.24, 2.45) is 12.0 Å². The molecule has 2 N–H and O–H groups in total. The average molecular weight is 458 g/mol. The fourth-order valence-corrected chi connectivity index (χ4v) is 2.36. The molecule has 2 aromatic rings. The molecular formula is C17H27IN6O. The minimum absolute atomic E-state index is 0. The zero-order valence-corrected chi connectivity index (χ0v) is 17.5. The molecule has 1 aromatic carbocycles. The first-order valence-corrected chi connectivity index (χ1v) is 8.05. The molecule has 138 valence electrons. The van der Waals surface area contributed by atoms with Crippen LogP contribution in [0.5, 0.6) is 5.75 Å². The molecule has 1 unspecified atom stereocenters. The summed E-state index contributed by atoms with van der Waals surface area (Å²) < 4.78 is 7.08. The van der Waals surface area contributed by atoms with Crippen LogP contribution in [0.1, 0.15) is 30.7 Å². The number of nitrogens with one attached hydrogen (secondary N) is 2. The fraction of sp³-hybridized carbons (Fsp3) is 0.471. The number of hydrogen-bond donors (Lipinski definition) is 2. The maximum absolute atomic E-state index is 5.19. The Bertz CT molecular complexity index is 655. The lowest BCUT2D eigenvalue weighted by Gasteiger charge is -2.15. The van der Waals surface area contributed by atoms with Crippen LogP contribution in [0.4, 0.5) is 0 Å². The quantitative estimate of drug-likeness (QED) is 0.379. The summed E-state index contributed by atoms with van der Waals surface area (Å²) in [6.07, 6.45) is 2.70. The van der Waals surface area contributed by atoms with Crippen LogP contribution in [0.15, 0.2) is 35.6 Å². The lowest BCUT2D eigenvalue weighted by molar-refractivity contribution is 0.414. The molecule has 0 aliphatic heterocycles. The highest BCUT2D eigenvalue weighted by Gasteiger charge is 2.07. The number of rotatable bonds is 7. The lowest BCUT2D eigenvalue weighted by atomic mass is 9.98. The first kappa shape index (κ1) is 21.2. The number of aryl methyl sites for hydroxylation is 1. The molecule has 2 rings (SSSR count). The molecule has 0 spiro atoms. The van der Waals surface area contributed by atoms with Crippen LogP contribution in [0.25, 0.3) is 0 Å². The Morgan fingerprint density at radius 1 is 1.28 bits per heavy atom. The van der Waals surface area contributed by atoms with E-state index in [4.69, 9.17) is 4.74 Å². The average Bonchev–Trinajstić information content (AvgIpc) is 3.02. The first-order chi connectivity index (χ1) is 11.6. The summed E-state index contributed by atoms with van der Waals surface area (Å²) in [5, 5.41) is 14.5. The Morgan fingerprint density at radius 3 is 2.56 bits per heavy atom. The third kappa shape index (κ3) is 6.52. The van der Waals surface area contributed by atoms with Gasteiger partial charge in [-0.3, -0.25) is 4.99 Å². The largest absolute Gasteiger partial charge is 0.497 e. The number of guanidine groups is 1. The standard InChI is InChI=1S/C17H26N6O.HI/c1-13(14-5-7-15(24-4)8-6-14)9-10-19-17(18-2)20-11-16-22-21-12-23(16)3;/h5-8,12-13H,9-11H2,1-4H3,(H2,18,19,20);1H. The third-order valence-electron chi connectivity index (χ3n) is 4.00. The minimum atomic E-state index is 0. The Kier molecular flexibility index (Phi) is 9.25.